The highest BCUT2D eigenvalue weighted by molar-refractivity contribution is 7.98. The Morgan fingerprint density at radius 3 is 2.47 bits per heavy atom. The molecule has 0 spiro atoms. The average Bonchev–Trinajstić information content (AvgIpc) is 2.80. The summed E-state index contributed by atoms with van der Waals surface area (Å²) in [5.74, 6) is 1.62. The van der Waals surface area contributed by atoms with Crippen molar-refractivity contribution in [2.24, 2.45) is 0 Å². The lowest BCUT2D eigenvalue weighted by Gasteiger charge is -2.10. The lowest BCUT2D eigenvalue weighted by Crippen LogP contribution is -1.98. The van der Waals surface area contributed by atoms with Crippen LogP contribution in [0.3, 0.4) is 0 Å². The summed E-state index contributed by atoms with van der Waals surface area (Å²) in [5.41, 5.74) is 2.39. The molecule has 0 aliphatic heterocycles. The topological polar surface area (TPSA) is 61.3 Å². The SMILES string of the molecule is COc1ccc(C(=O)/C=C/c2ccc(OC)c(CSc3nc(C)cc(C(F)F)n3)c2)cc1. The molecule has 5 nitrogen and oxygen atoms in total. The summed E-state index contributed by atoms with van der Waals surface area (Å²) in [6.07, 6.45) is 0.569. The van der Waals surface area contributed by atoms with E-state index in [9.17, 15) is 13.6 Å². The molecule has 0 atom stereocenters. The highest BCUT2D eigenvalue weighted by Gasteiger charge is 2.13. The minimum Gasteiger partial charge on any atom is -0.497 e. The number of carbonyl (C=O) groups excluding carboxylic acids is 1. The maximum atomic E-state index is 13.0. The smallest absolute Gasteiger partial charge is 0.280 e. The molecule has 166 valence electrons. The predicted molar refractivity (Wildman–Crippen MR) is 121 cm³/mol. The van der Waals surface area contributed by atoms with Crippen LogP contribution in [0.25, 0.3) is 6.08 Å². The van der Waals surface area contributed by atoms with Gasteiger partial charge < -0.3 is 9.47 Å². The second-order valence-corrected chi connectivity index (χ2v) is 7.75. The Hall–Kier alpha value is -3.26. The number of ether oxygens (including phenoxy) is 2. The molecule has 0 fully saturated rings. The number of rotatable bonds is 9. The van der Waals surface area contributed by atoms with Gasteiger partial charge in [0, 0.05) is 22.6 Å². The molecule has 0 saturated heterocycles. The molecule has 0 bridgehead atoms. The number of carbonyl (C=O) groups is 1. The molecular formula is C24H22F2N2O3S. The number of hydrogen-bond acceptors (Lipinski definition) is 6. The molecule has 1 heterocycles. The minimum absolute atomic E-state index is 0.132. The Labute approximate surface area is 189 Å². The molecule has 3 aromatic rings. The van der Waals surface area contributed by atoms with E-state index in [2.05, 4.69) is 9.97 Å². The highest BCUT2D eigenvalue weighted by Crippen LogP contribution is 2.29. The van der Waals surface area contributed by atoms with Gasteiger partial charge in [-0.25, -0.2) is 18.7 Å². The van der Waals surface area contributed by atoms with Crippen LogP contribution in [-0.2, 0) is 5.75 Å². The zero-order valence-electron chi connectivity index (χ0n) is 17.8. The molecule has 3 rings (SSSR count). The van der Waals surface area contributed by atoms with Crippen LogP contribution in [0.15, 0.2) is 59.8 Å². The zero-order chi connectivity index (χ0) is 23.1. The van der Waals surface area contributed by atoms with Crippen molar-refractivity contribution >= 4 is 23.6 Å². The average molecular weight is 457 g/mol. The molecule has 32 heavy (non-hydrogen) atoms. The number of aryl methyl sites for hydroxylation is 1. The molecule has 0 unspecified atom stereocenters. The number of halogens is 2. The van der Waals surface area contributed by atoms with E-state index in [1.807, 2.05) is 12.1 Å². The van der Waals surface area contributed by atoms with Gasteiger partial charge in [0.1, 0.15) is 17.2 Å². The molecule has 0 amide bonds. The van der Waals surface area contributed by atoms with Crippen LogP contribution in [0, 0.1) is 6.92 Å². The maximum Gasteiger partial charge on any atom is 0.280 e. The van der Waals surface area contributed by atoms with Gasteiger partial charge in [-0.3, -0.25) is 4.79 Å². The summed E-state index contributed by atoms with van der Waals surface area (Å²) in [5, 5.41) is 0.276. The molecule has 2 aromatic carbocycles. The van der Waals surface area contributed by atoms with Gasteiger partial charge in [-0.05, 0) is 61.0 Å². The van der Waals surface area contributed by atoms with Crippen LogP contribution in [0.1, 0.15) is 39.3 Å². The van der Waals surface area contributed by atoms with Crippen LogP contribution in [0.2, 0.25) is 0 Å². The molecule has 8 heteroatoms. The molecule has 1 aromatic heterocycles. The van der Waals surface area contributed by atoms with Crippen LogP contribution in [0.5, 0.6) is 11.5 Å². The van der Waals surface area contributed by atoms with Crippen LogP contribution < -0.4 is 9.47 Å². The number of ketones is 1. The fourth-order valence-electron chi connectivity index (χ4n) is 2.92. The lowest BCUT2D eigenvalue weighted by atomic mass is 10.1. The molecule has 0 N–H and O–H groups in total. The van der Waals surface area contributed by atoms with Gasteiger partial charge in [-0.1, -0.05) is 23.9 Å². The van der Waals surface area contributed by atoms with Crippen LogP contribution >= 0.6 is 11.8 Å². The largest absolute Gasteiger partial charge is 0.497 e. The van der Waals surface area contributed by atoms with E-state index in [1.165, 1.54) is 23.9 Å². The van der Waals surface area contributed by atoms with Crippen molar-refractivity contribution in [3.8, 4) is 11.5 Å². The Balaban J connectivity index is 1.75. The maximum absolute atomic E-state index is 13.0. The first-order valence-corrected chi connectivity index (χ1v) is 10.7. The van der Waals surface area contributed by atoms with Gasteiger partial charge in [0.15, 0.2) is 10.9 Å². The summed E-state index contributed by atoms with van der Waals surface area (Å²) in [7, 11) is 3.13. The van der Waals surface area contributed by atoms with Crippen molar-refractivity contribution in [3.05, 3.63) is 82.7 Å². The van der Waals surface area contributed by atoms with Crippen LogP contribution in [-0.4, -0.2) is 30.0 Å². The van der Waals surface area contributed by atoms with E-state index in [1.54, 1.807) is 57.6 Å². The Kier molecular flexibility index (Phi) is 7.94. The first kappa shape index (κ1) is 23.4. The summed E-state index contributed by atoms with van der Waals surface area (Å²) in [6.45, 7) is 1.66. The van der Waals surface area contributed by atoms with E-state index >= 15 is 0 Å². The predicted octanol–water partition coefficient (Wildman–Crippen LogP) is 5.93. The monoisotopic (exact) mass is 456 g/mol. The van der Waals surface area contributed by atoms with E-state index in [0.717, 1.165) is 11.1 Å². The van der Waals surface area contributed by atoms with E-state index < -0.39 is 6.43 Å². The Bertz CT molecular complexity index is 1120. The van der Waals surface area contributed by atoms with Crippen molar-refractivity contribution in [2.75, 3.05) is 14.2 Å². The van der Waals surface area contributed by atoms with Gasteiger partial charge in [-0.2, -0.15) is 0 Å². The van der Waals surface area contributed by atoms with Crippen molar-refractivity contribution in [1.82, 2.24) is 9.97 Å². The zero-order valence-corrected chi connectivity index (χ0v) is 18.7. The summed E-state index contributed by atoms with van der Waals surface area (Å²) in [4.78, 5) is 20.6. The van der Waals surface area contributed by atoms with Crippen LogP contribution in [0.4, 0.5) is 8.78 Å². The van der Waals surface area contributed by atoms with Gasteiger partial charge in [0.05, 0.1) is 14.2 Å². The third kappa shape index (κ3) is 6.13. The fourth-order valence-corrected chi connectivity index (χ4v) is 3.81. The van der Waals surface area contributed by atoms with Crippen molar-refractivity contribution in [2.45, 2.75) is 24.3 Å². The first-order valence-electron chi connectivity index (χ1n) is 9.69. The number of aromatic nitrogens is 2. The quantitative estimate of drug-likeness (QED) is 0.172. The number of nitrogens with zero attached hydrogens (tertiary/aromatic N) is 2. The normalized spacial score (nSPS) is 11.2. The van der Waals surface area contributed by atoms with Crippen molar-refractivity contribution in [1.29, 1.82) is 0 Å². The molecular weight excluding hydrogens is 434 g/mol. The summed E-state index contributed by atoms with van der Waals surface area (Å²) in [6, 6.07) is 13.7. The summed E-state index contributed by atoms with van der Waals surface area (Å²) >= 11 is 1.24. The fraction of sp³-hybridized carbons (Fsp3) is 0.208. The van der Waals surface area contributed by atoms with Gasteiger partial charge >= 0.3 is 0 Å². The number of thioether (sulfide) groups is 1. The number of methoxy groups -OCH3 is 2. The third-order valence-corrected chi connectivity index (χ3v) is 5.44. The second-order valence-electron chi connectivity index (χ2n) is 6.80. The minimum atomic E-state index is -2.65. The van der Waals surface area contributed by atoms with Crippen molar-refractivity contribution < 1.29 is 23.0 Å². The molecule has 0 aliphatic rings. The van der Waals surface area contributed by atoms with Gasteiger partial charge in [0.2, 0.25) is 0 Å². The number of alkyl halides is 2. The lowest BCUT2D eigenvalue weighted by molar-refractivity contribution is 0.104. The molecule has 0 saturated carbocycles. The van der Waals surface area contributed by atoms with Crippen molar-refractivity contribution in [3.63, 3.8) is 0 Å². The summed E-state index contributed by atoms with van der Waals surface area (Å²) < 4.78 is 36.5. The molecule has 0 radical (unpaired) electrons. The number of allylic oxidation sites excluding steroid dienone is 1. The number of hydrogen-bond donors (Lipinski definition) is 0. The van der Waals surface area contributed by atoms with Gasteiger partial charge in [-0.15, -0.1) is 0 Å². The first-order chi connectivity index (χ1) is 15.4. The van der Waals surface area contributed by atoms with E-state index in [4.69, 9.17) is 9.47 Å². The highest BCUT2D eigenvalue weighted by atomic mass is 32.2. The Morgan fingerprint density at radius 2 is 1.81 bits per heavy atom. The van der Waals surface area contributed by atoms with Gasteiger partial charge in [0.25, 0.3) is 6.43 Å². The molecule has 0 aliphatic carbocycles. The van der Waals surface area contributed by atoms with E-state index in [-0.39, 0.29) is 16.6 Å². The van der Waals surface area contributed by atoms with E-state index in [0.29, 0.717) is 28.5 Å². The second kappa shape index (κ2) is 10.9. The number of benzene rings is 2. The third-order valence-electron chi connectivity index (χ3n) is 4.54. The Morgan fingerprint density at radius 1 is 1.06 bits per heavy atom. The standard InChI is InChI=1S/C24H22F2N2O3S/c1-15-12-20(23(25)26)28-24(27-15)32-14-18-13-16(5-11-22(18)31-3)4-10-21(29)17-6-8-19(30-2)9-7-17/h4-13,23H,14H2,1-3H3/b10-4+.